The number of carbonyl (C=O) groups is 2. The van der Waals surface area contributed by atoms with Crippen LogP contribution in [0.15, 0.2) is 60.8 Å². The molecule has 1 saturated carbocycles. The third kappa shape index (κ3) is 4.54. The number of carbonyl (C=O) groups excluding carboxylic acids is 1. The second-order valence-electron chi connectivity index (χ2n) is 9.76. The fourth-order valence-electron chi connectivity index (χ4n) is 4.77. The predicted molar refractivity (Wildman–Crippen MR) is 151 cm³/mol. The Morgan fingerprint density at radius 3 is 2.30 bits per heavy atom. The number of amides is 1. The number of thiophene rings is 2. The molecule has 1 amide bonds. The first kappa shape index (κ1) is 26.1. The van der Waals surface area contributed by atoms with Crippen LogP contribution in [-0.4, -0.2) is 26.9 Å². The van der Waals surface area contributed by atoms with Crippen LogP contribution < -0.4 is 5.32 Å². The predicted octanol–water partition coefficient (Wildman–Crippen LogP) is 7.73. The van der Waals surface area contributed by atoms with Gasteiger partial charge < -0.3 is 9.84 Å². The molecule has 0 aliphatic heterocycles. The van der Waals surface area contributed by atoms with Gasteiger partial charge in [-0.3, -0.25) is 14.8 Å². The zero-order valence-electron chi connectivity index (χ0n) is 21.4. The minimum Gasteiger partial charge on any atom is -0.481 e. The third-order valence-electron chi connectivity index (χ3n) is 7.18. The number of carboxylic acid groups (broad SMARTS) is 1. The lowest BCUT2D eigenvalue weighted by Gasteiger charge is -2.14. The number of fused-ring (bicyclic) bond motifs is 1. The molecule has 0 radical (unpaired) electrons. The number of hydrogen-bond acceptors (Lipinski definition) is 6. The number of rotatable bonds is 7. The highest BCUT2D eigenvalue weighted by atomic mass is 32.1. The van der Waals surface area contributed by atoms with Crippen LogP contribution in [0.4, 0.5) is 19.4 Å². The summed E-state index contributed by atoms with van der Waals surface area (Å²) in [7, 11) is 1.71. The number of nitrogens with one attached hydrogen (secondary N) is 1. The van der Waals surface area contributed by atoms with Crippen molar-refractivity contribution in [3.63, 3.8) is 0 Å². The number of benzene rings is 2. The number of carboxylic acids is 1. The lowest BCUT2D eigenvalue weighted by Crippen LogP contribution is -2.21. The molecule has 11 heteroatoms. The number of nitrogens with zero attached hydrogens (tertiary/aromatic N) is 2. The molecule has 0 bridgehead atoms. The molecule has 2 aromatic carbocycles. The summed E-state index contributed by atoms with van der Waals surface area (Å²) in [6.45, 7) is 1.79. The van der Waals surface area contributed by atoms with Crippen LogP contribution in [0.3, 0.4) is 0 Å². The van der Waals surface area contributed by atoms with Crippen molar-refractivity contribution < 1.29 is 28.2 Å². The first-order valence-electron chi connectivity index (χ1n) is 12.5. The summed E-state index contributed by atoms with van der Waals surface area (Å²) in [5.74, 6) is -2.03. The molecule has 3 heterocycles. The SMILES string of the molecule is CC(OC(=O)Nc1c(-c2cc3sc(-c4cc(F)c(C5(C(=O)O)CC5)cc4F)cc3s2)cnn1C)c1ccccc1. The van der Waals surface area contributed by atoms with Crippen molar-refractivity contribution in [3.05, 3.63) is 83.6 Å². The molecule has 2 N–H and O–H groups in total. The van der Waals surface area contributed by atoms with Gasteiger partial charge in [-0.25, -0.2) is 13.6 Å². The number of aromatic nitrogens is 2. The number of anilines is 1. The van der Waals surface area contributed by atoms with E-state index in [1.807, 2.05) is 36.4 Å². The second-order valence-corrected chi connectivity index (χ2v) is 11.9. The summed E-state index contributed by atoms with van der Waals surface area (Å²) in [5.41, 5.74) is 0.241. The Kier molecular flexibility index (Phi) is 6.42. The molecule has 1 fully saturated rings. The Bertz CT molecular complexity index is 1740. The standard InChI is InChI=1S/C29H23F2N3O4S2/c1-15(16-6-4-3-5-7-16)38-28(37)33-26-18(14-32-34(26)2)23-13-25-24(40-23)12-22(39-25)17-10-21(31)19(11-20(17)30)29(8-9-29)27(35)36/h3-7,10-15H,8-9H2,1-2H3,(H,33,37)(H,35,36). The van der Waals surface area contributed by atoms with Gasteiger partial charge in [0, 0.05) is 37.3 Å². The molecule has 3 aromatic heterocycles. The molecule has 7 nitrogen and oxygen atoms in total. The number of hydrogen-bond donors (Lipinski definition) is 2. The molecule has 1 unspecified atom stereocenters. The average molecular weight is 580 g/mol. The summed E-state index contributed by atoms with van der Waals surface area (Å²) in [6, 6.07) is 15.2. The van der Waals surface area contributed by atoms with Crippen LogP contribution >= 0.6 is 22.7 Å². The van der Waals surface area contributed by atoms with E-state index in [4.69, 9.17) is 4.74 Å². The lowest BCUT2D eigenvalue weighted by molar-refractivity contribution is -0.140. The summed E-state index contributed by atoms with van der Waals surface area (Å²) >= 11 is 2.74. The summed E-state index contributed by atoms with van der Waals surface area (Å²) in [6.07, 6.45) is 1.19. The van der Waals surface area contributed by atoms with Crippen LogP contribution in [0.25, 0.3) is 30.3 Å². The molecule has 1 aliphatic carbocycles. The number of halogens is 2. The number of ether oxygens (including phenoxy) is 1. The molecule has 1 atom stereocenters. The van der Waals surface area contributed by atoms with E-state index in [0.29, 0.717) is 29.1 Å². The summed E-state index contributed by atoms with van der Waals surface area (Å²) < 4.78 is 38.8. The molecular formula is C29H23F2N3O4S2. The molecule has 40 heavy (non-hydrogen) atoms. The van der Waals surface area contributed by atoms with E-state index in [1.165, 1.54) is 22.7 Å². The topological polar surface area (TPSA) is 93.4 Å². The molecular weight excluding hydrogens is 556 g/mol. The molecule has 204 valence electrons. The van der Waals surface area contributed by atoms with Crippen LogP contribution in [-0.2, 0) is 22.0 Å². The minimum absolute atomic E-state index is 0.0939. The highest BCUT2D eigenvalue weighted by molar-refractivity contribution is 7.31. The molecule has 1 aliphatic rings. The van der Waals surface area contributed by atoms with Gasteiger partial charge in [0.1, 0.15) is 23.6 Å². The van der Waals surface area contributed by atoms with E-state index >= 15 is 4.39 Å². The van der Waals surface area contributed by atoms with Gasteiger partial charge in [0.15, 0.2) is 0 Å². The summed E-state index contributed by atoms with van der Waals surface area (Å²) in [5, 5.41) is 16.6. The van der Waals surface area contributed by atoms with Gasteiger partial charge in [-0.15, -0.1) is 22.7 Å². The van der Waals surface area contributed by atoms with Gasteiger partial charge in [-0.2, -0.15) is 5.10 Å². The Morgan fingerprint density at radius 2 is 1.68 bits per heavy atom. The second kappa shape index (κ2) is 9.83. The fourth-order valence-corrected chi connectivity index (χ4v) is 7.20. The Morgan fingerprint density at radius 1 is 1.02 bits per heavy atom. The van der Waals surface area contributed by atoms with E-state index in [1.54, 1.807) is 30.9 Å². The largest absolute Gasteiger partial charge is 0.481 e. The van der Waals surface area contributed by atoms with Crippen molar-refractivity contribution in [2.75, 3.05) is 5.32 Å². The van der Waals surface area contributed by atoms with Crippen molar-refractivity contribution in [2.24, 2.45) is 7.05 Å². The molecule has 6 rings (SSSR count). The molecule has 0 saturated heterocycles. The van der Waals surface area contributed by atoms with Crippen LogP contribution in [0.1, 0.15) is 37.0 Å². The van der Waals surface area contributed by atoms with Crippen LogP contribution in [0, 0.1) is 11.6 Å². The van der Waals surface area contributed by atoms with Gasteiger partial charge >= 0.3 is 12.1 Å². The van der Waals surface area contributed by atoms with Crippen molar-refractivity contribution in [2.45, 2.75) is 31.3 Å². The average Bonchev–Trinajstić information content (AvgIpc) is 3.34. The zero-order chi connectivity index (χ0) is 28.2. The van der Waals surface area contributed by atoms with Gasteiger partial charge in [0.05, 0.1) is 17.2 Å². The van der Waals surface area contributed by atoms with Gasteiger partial charge in [-0.05, 0) is 49.6 Å². The van der Waals surface area contributed by atoms with Crippen molar-refractivity contribution in [1.82, 2.24) is 9.78 Å². The molecule has 0 spiro atoms. The van der Waals surface area contributed by atoms with Crippen LogP contribution in [0.2, 0.25) is 0 Å². The maximum Gasteiger partial charge on any atom is 0.413 e. The monoisotopic (exact) mass is 579 g/mol. The number of aryl methyl sites for hydroxylation is 1. The quantitative estimate of drug-likeness (QED) is 0.206. The fraction of sp³-hybridized carbons (Fsp3) is 0.207. The van der Waals surface area contributed by atoms with Crippen molar-refractivity contribution in [3.8, 4) is 20.9 Å². The van der Waals surface area contributed by atoms with Crippen molar-refractivity contribution in [1.29, 1.82) is 0 Å². The molecule has 5 aromatic rings. The zero-order valence-corrected chi connectivity index (χ0v) is 23.0. The van der Waals surface area contributed by atoms with E-state index in [9.17, 15) is 19.1 Å². The first-order chi connectivity index (χ1) is 19.2. The maximum absolute atomic E-state index is 15.1. The Labute approximate surface area is 235 Å². The minimum atomic E-state index is -1.32. The Balaban J connectivity index is 1.24. The van der Waals surface area contributed by atoms with Gasteiger partial charge in [-0.1, -0.05) is 30.3 Å². The Hall–Kier alpha value is -4.09. The highest BCUT2D eigenvalue weighted by Crippen LogP contribution is 2.51. The normalized spacial score (nSPS) is 14.7. The van der Waals surface area contributed by atoms with Crippen LogP contribution in [0.5, 0.6) is 0 Å². The van der Waals surface area contributed by atoms with E-state index in [-0.39, 0.29) is 11.1 Å². The number of aliphatic carboxylic acids is 1. The summed E-state index contributed by atoms with van der Waals surface area (Å²) in [4.78, 5) is 25.7. The van der Waals surface area contributed by atoms with E-state index in [0.717, 1.165) is 32.0 Å². The van der Waals surface area contributed by atoms with Crippen molar-refractivity contribution >= 4 is 50.0 Å². The van der Waals surface area contributed by atoms with E-state index in [2.05, 4.69) is 10.4 Å². The van der Waals surface area contributed by atoms with Gasteiger partial charge in [0.2, 0.25) is 0 Å². The third-order valence-corrected chi connectivity index (χ3v) is 9.54. The maximum atomic E-state index is 15.1. The lowest BCUT2D eigenvalue weighted by atomic mass is 9.94. The van der Waals surface area contributed by atoms with Gasteiger partial charge in [0.25, 0.3) is 0 Å². The van der Waals surface area contributed by atoms with E-state index < -0.39 is 35.2 Å². The first-order valence-corrected chi connectivity index (χ1v) is 14.1. The highest BCUT2D eigenvalue weighted by Gasteiger charge is 2.53. The smallest absolute Gasteiger partial charge is 0.413 e.